The molecule has 0 bridgehead atoms. The Labute approximate surface area is 199 Å². The number of fused-ring (bicyclic) bond motifs is 2. The van der Waals surface area contributed by atoms with E-state index in [-0.39, 0.29) is 17.9 Å². The number of carbonyl (C=O) groups excluding carboxylic acids is 2. The summed E-state index contributed by atoms with van der Waals surface area (Å²) >= 11 is 0. The molecule has 0 spiro atoms. The van der Waals surface area contributed by atoms with Gasteiger partial charge in [0.05, 0.1) is 5.92 Å². The Morgan fingerprint density at radius 1 is 1.30 bits per heavy atom. The molecule has 3 amide bonds. The van der Waals surface area contributed by atoms with Gasteiger partial charge in [-0.1, -0.05) is 12.5 Å². The van der Waals surface area contributed by atoms with Crippen LogP contribution in [0.1, 0.15) is 45.4 Å². The van der Waals surface area contributed by atoms with E-state index in [9.17, 15) is 9.59 Å². The van der Waals surface area contributed by atoms with Crippen molar-refractivity contribution >= 4 is 11.9 Å². The van der Waals surface area contributed by atoms with Crippen LogP contribution in [0, 0.1) is 23.7 Å². The number of hydrogen-bond donors (Lipinski definition) is 2. The van der Waals surface area contributed by atoms with Crippen LogP contribution >= 0.6 is 0 Å². The molecule has 2 heterocycles. The molecule has 7 heteroatoms. The number of likely N-dealkylation sites (tertiary alicyclic amines) is 1. The summed E-state index contributed by atoms with van der Waals surface area (Å²) in [7, 11) is 4.05. The topological polar surface area (TPSA) is 67.9 Å². The lowest BCUT2D eigenvalue weighted by atomic mass is 9.58. The molecule has 4 aliphatic rings. The van der Waals surface area contributed by atoms with Crippen LogP contribution < -0.4 is 10.6 Å². The number of nitrogens with one attached hydrogen (secondary N) is 2. The minimum Gasteiger partial charge on any atom is -0.388 e. The maximum absolute atomic E-state index is 13.6. The van der Waals surface area contributed by atoms with Gasteiger partial charge in [-0.3, -0.25) is 14.6 Å². The van der Waals surface area contributed by atoms with Crippen LogP contribution in [0.2, 0.25) is 0 Å². The minimum absolute atomic E-state index is 0.00614. The molecule has 7 nitrogen and oxygen atoms in total. The first-order valence-electron chi connectivity index (χ1n) is 13.0. The van der Waals surface area contributed by atoms with Gasteiger partial charge in [0.2, 0.25) is 5.91 Å². The molecule has 0 radical (unpaired) electrons. The molecule has 3 fully saturated rings. The zero-order valence-corrected chi connectivity index (χ0v) is 20.8. The van der Waals surface area contributed by atoms with Gasteiger partial charge in [-0.15, -0.1) is 6.58 Å². The lowest BCUT2D eigenvalue weighted by molar-refractivity contribution is -0.137. The first kappa shape index (κ1) is 24.3. The van der Waals surface area contributed by atoms with E-state index in [1.54, 1.807) is 5.57 Å². The molecule has 0 aromatic heterocycles. The zero-order valence-electron chi connectivity index (χ0n) is 20.8. The highest BCUT2D eigenvalue weighted by Gasteiger charge is 2.52. The lowest BCUT2D eigenvalue weighted by Gasteiger charge is -2.54. The molecule has 33 heavy (non-hydrogen) atoms. The summed E-state index contributed by atoms with van der Waals surface area (Å²) in [6.07, 6.45) is 10.9. The highest BCUT2D eigenvalue weighted by Crippen LogP contribution is 2.53. The van der Waals surface area contributed by atoms with Crippen molar-refractivity contribution in [1.29, 1.82) is 0 Å². The van der Waals surface area contributed by atoms with Gasteiger partial charge < -0.3 is 15.5 Å². The van der Waals surface area contributed by atoms with Crippen molar-refractivity contribution in [3.05, 3.63) is 24.4 Å². The predicted octanol–water partition coefficient (Wildman–Crippen LogP) is 2.66. The highest BCUT2D eigenvalue weighted by molar-refractivity contribution is 5.95. The molecule has 0 aromatic rings. The fourth-order valence-corrected chi connectivity index (χ4v) is 7.03. The number of amides is 3. The van der Waals surface area contributed by atoms with Crippen molar-refractivity contribution < 1.29 is 9.59 Å². The van der Waals surface area contributed by atoms with Crippen molar-refractivity contribution in [2.45, 2.75) is 57.5 Å². The van der Waals surface area contributed by atoms with Crippen molar-refractivity contribution in [1.82, 2.24) is 25.3 Å². The summed E-state index contributed by atoms with van der Waals surface area (Å²) in [4.78, 5) is 32.5. The Balaban J connectivity index is 1.46. The Bertz CT molecular complexity index is 766. The van der Waals surface area contributed by atoms with E-state index in [4.69, 9.17) is 0 Å². The van der Waals surface area contributed by atoms with Crippen LogP contribution in [0.5, 0.6) is 0 Å². The monoisotopic (exact) mass is 457 g/mol. The third kappa shape index (κ3) is 4.99. The molecular weight excluding hydrogens is 414 g/mol. The van der Waals surface area contributed by atoms with Crippen molar-refractivity contribution in [3.63, 3.8) is 0 Å². The molecule has 3 unspecified atom stereocenters. The molecule has 2 aliphatic heterocycles. The summed E-state index contributed by atoms with van der Waals surface area (Å²) in [6.45, 7) is 9.33. The molecule has 2 aliphatic carbocycles. The van der Waals surface area contributed by atoms with Crippen molar-refractivity contribution in [2.75, 3.05) is 46.8 Å². The van der Waals surface area contributed by atoms with Crippen molar-refractivity contribution in [3.8, 4) is 0 Å². The molecule has 0 aromatic carbocycles. The Kier molecular flexibility index (Phi) is 7.80. The van der Waals surface area contributed by atoms with E-state index >= 15 is 0 Å². The Morgan fingerprint density at radius 2 is 2.12 bits per heavy atom. The van der Waals surface area contributed by atoms with Gasteiger partial charge in [0.15, 0.2) is 0 Å². The van der Waals surface area contributed by atoms with E-state index in [1.807, 2.05) is 27.1 Å². The predicted molar refractivity (Wildman–Crippen MR) is 132 cm³/mol. The van der Waals surface area contributed by atoms with Crippen LogP contribution in [0.4, 0.5) is 4.79 Å². The van der Waals surface area contributed by atoms with E-state index in [1.165, 1.54) is 24.2 Å². The van der Waals surface area contributed by atoms with E-state index in [0.29, 0.717) is 42.9 Å². The normalized spacial score (nSPS) is 32.9. The van der Waals surface area contributed by atoms with Gasteiger partial charge in [-0.2, -0.15) is 0 Å². The Morgan fingerprint density at radius 3 is 2.85 bits per heavy atom. The molecule has 4 rings (SSSR count). The van der Waals surface area contributed by atoms with E-state index in [2.05, 4.69) is 33.2 Å². The molecule has 6 atom stereocenters. The van der Waals surface area contributed by atoms with Crippen LogP contribution in [-0.2, 0) is 4.79 Å². The van der Waals surface area contributed by atoms with Gasteiger partial charge in [-0.25, -0.2) is 4.79 Å². The van der Waals surface area contributed by atoms with Crippen LogP contribution in [0.3, 0.4) is 0 Å². The summed E-state index contributed by atoms with van der Waals surface area (Å²) in [5.41, 5.74) is 1.59. The van der Waals surface area contributed by atoms with Gasteiger partial charge in [0, 0.05) is 44.2 Å². The number of urea groups is 1. The van der Waals surface area contributed by atoms with Gasteiger partial charge in [-0.05, 0) is 83.3 Å². The van der Waals surface area contributed by atoms with Crippen LogP contribution in [0.25, 0.3) is 0 Å². The SMILES string of the molecule is C=CCN1C[C@H](C(=O)N(CC)C(=O)NCCCN(C)C)C[C@@H]2C3CCCC4NC=C(C[C@H]21)C43. The smallest absolute Gasteiger partial charge is 0.324 e. The second-order valence-electron chi connectivity index (χ2n) is 10.7. The first-order valence-corrected chi connectivity index (χ1v) is 13.0. The lowest BCUT2D eigenvalue weighted by Crippen LogP contribution is -2.59. The number of rotatable bonds is 8. The second kappa shape index (κ2) is 10.6. The number of carbonyl (C=O) groups is 2. The number of nitrogens with zero attached hydrogens (tertiary/aromatic N) is 3. The maximum Gasteiger partial charge on any atom is 0.324 e. The quantitative estimate of drug-likeness (QED) is 0.433. The van der Waals surface area contributed by atoms with Crippen LogP contribution in [-0.4, -0.2) is 85.5 Å². The highest BCUT2D eigenvalue weighted by atomic mass is 16.2. The zero-order chi connectivity index (χ0) is 23.5. The van der Waals surface area contributed by atoms with Crippen LogP contribution in [0.15, 0.2) is 24.4 Å². The first-order chi connectivity index (χ1) is 15.9. The average Bonchev–Trinajstić information content (AvgIpc) is 3.22. The second-order valence-corrected chi connectivity index (χ2v) is 10.7. The van der Waals surface area contributed by atoms with E-state index in [0.717, 1.165) is 38.9 Å². The summed E-state index contributed by atoms with van der Waals surface area (Å²) in [5.74, 6) is 1.66. The number of hydrogen-bond acceptors (Lipinski definition) is 5. The van der Waals surface area contributed by atoms with E-state index < -0.39 is 0 Å². The van der Waals surface area contributed by atoms with Gasteiger partial charge in [0.25, 0.3) is 0 Å². The molecule has 1 saturated heterocycles. The third-order valence-corrected chi connectivity index (χ3v) is 8.43. The minimum atomic E-state index is -0.245. The Hall–Kier alpha value is -1.86. The fraction of sp³-hybridized carbons (Fsp3) is 0.769. The van der Waals surface area contributed by atoms with Gasteiger partial charge >= 0.3 is 6.03 Å². The largest absolute Gasteiger partial charge is 0.388 e. The molecular formula is C26H43N5O2. The standard InChI is InChI=1S/C26H43N5O2/c1-5-12-30-17-19(25(32)31(6-2)26(33)27-11-8-13-29(3)4)14-21-20-9-7-10-22-24(20)18(16-28-22)15-23(21)30/h5,16,19-24,28H,1,6-15,17H2,2-4H3,(H,27,33)/t19-,20?,21-,22?,23-,24?/m1/s1. The number of imide groups is 1. The number of piperidine rings is 1. The average molecular weight is 458 g/mol. The molecule has 184 valence electrons. The fourth-order valence-electron chi connectivity index (χ4n) is 7.03. The maximum atomic E-state index is 13.6. The third-order valence-electron chi connectivity index (χ3n) is 8.43. The molecule has 2 saturated carbocycles. The summed E-state index contributed by atoms with van der Waals surface area (Å²) < 4.78 is 0. The summed E-state index contributed by atoms with van der Waals surface area (Å²) in [5, 5.41) is 6.62. The van der Waals surface area contributed by atoms with Crippen molar-refractivity contribution in [2.24, 2.45) is 23.7 Å². The van der Waals surface area contributed by atoms with Gasteiger partial charge in [0.1, 0.15) is 0 Å². The molecule has 2 N–H and O–H groups in total. The summed E-state index contributed by atoms with van der Waals surface area (Å²) in [6, 6.07) is 0.821.